The number of hydrogen-bond donors (Lipinski definition) is 1. The van der Waals surface area contributed by atoms with Crippen molar-refractivity contribution in [1.29, 1.82) is 5.26 Å². The molecule has 1 atom stereocenters. The Hall–Kier alpha value is -1.74. The smallest absolute Gasteiger partial charge is 0.407 e. The number of alkyl carbamates (subject to hydrolysis) is 1. The molecule has 6 heteroatoms. The molecule has 0 aromatic heterocycles. The minimum atomic E-state index is -0.549. The molecular formula is C18H25BrN2O3. The molecule has 1 aromatic rings. The number of carbonyl (C=O) groups is 1. The van der Waals surface area contributed by atoms with Gasteiger partial charge in [-0.25, -0.2) is 4.79 Å². The van der Waals surface area contributed by atoms with Crippen LogP contribution in [0.4, 0.5) is 4.79 Å². The summed E-state index contributed by atoms with van der Waals surface area (Å²) in [5.41, 5.74) is -0.0996. The predicted molar refractivity (Wildman–Crippen MR) is 97.0 cm³/mol. The maximum absolute atomic E-state index is 12.0. The van der Waals surface area contributed by atoms with Crippen molar-refractivity contribution in [2.24, 2.45) is 5.92 Å². The SMILES string of the molecule is CC(C)CC(COc1ccc(Br)cc1C#N)NC(=O)OC(C)(C)C. The van der Waals surface area contributed by atoms with Crippen molar-refractivity contribution in [1.82, 2.24) is 5.32 Å². The zero-order valence-corrected chi connectivity index (χ0v) is 16.4. The third kappa shape index (κ3) is 7.69. The van der Waals surface area contributed by atoms with Crippen LogP contribution in [0, 0.1) is 17.2 Å². The summed E-state index contributed by atoms with van der Waals surface area (Å²) in [5.74, 6) is 0.884. The summed E-state index contributed by atoms with van der Waals surface area (Å²) >= 11 is 3.33. The molecule has 1 amide bonds. The standard InChI is InChI=1S/C18H25BrN2O3/c1-12(2)8-15(21-17(22)24-18(3,4)5)11-23-16-7-6-14(19)9-13(16)10-20/h6-7,9,12,15H,8,11H2,1-5H3,(H,21,22). The van der Waals surface area contributed by atoms with Crippen LogP contribution < -0.4 is 10.1 Å². The molecule has 24 heavy (non-hydrogen) atoms. The van der Waals surface area contributed by atoms with Crippen molar-refractivity contribution >= 4 is 22.0 Å². The van der Waals surface area contributed by atoms with Crippen molar-refractivity contribution in [2.45, 2.75) is 52.7 Å². The molecule has 1 unspecified atom stereocenters. The molecule has 0 saturated carbocycles. The Morgan fingerprint density at radius 2 is 2.04 bits per heavy atom. The fourth-order valence-corrected chi connectivity index (χ4v) is 2.48. The fourth-order valence-electron chi connectivity index (χ4n) is 2.12. The van der Waals surface area contributed by atoms with Gasteiger partial charge in [-0.15, -0.1) is 0 Å². The Morgan fingerprint density at radius 3 is 2.58 bits per heavy atom. The van der Waals surface area contributed by atoms with E-state index in [2.05, 4.69) is 41.2 Å². The number of amides is 1. The quantitative estimate of drug-likeness (QED) is 0.759. The van der Waals surface area contributed by atoms with Gasteiger partial charge in [0.05, 0.1) is 11.6 Å². The van der Waals surface area contributed by atoms with E-state index in [9.17, 15) is 10.1 Å². The lowest BCUT2D eigenvalue weighted by Gasteiger charge is -2.25. The Kier molecular flexibility index (Phi) is 7.56. The summed E-state index contributed by atoms with van der Waals surface area (Å²) in [6.07, 6.45) is 0.283. The van der Waals surface area contributed by atoms with Gasteiger partial charge in [-0.2, -0.15) is 5.26 Å². The highest BCUT2D eigenvalue weighted by Gasteiger charge is 2.21. The van der Waals surface area contributed by atoms with Crippen LogP contribution in [0.15, 0.2) is 22.7 Å². The summed E-state index contributed by atoms with van der Waals surface area (Å²) in [7, 11) is 0. The molecule has 132 valence electrons. The average molecular weight is 397 g/mol. The molecule has 5 nitrogen and oxygen atoms in total. The lowest BCUT2D eigenvalue weighted by Crippen LogP contribution is -2.42. The number of nitrogens with one attached hydrogen (secondary N) is 1. The van der Waals surface area contributed by atoms with Crippen LogP contribution >= 0.6 is 15.9 Å². The number of carbonyl (C=O) groups excluding carboxylic acids is 1. The monoisotopic (exact) mass is 396 g/mol. The number of nitriles is 1. The highest BCUT2D eigenvalue weighted by atomic mass is 79.9. The minimum Gasteiger partial charge on any atom is -0.490 e. The van der Waals surface area contributed by atoms with Gasteiger partial charge in [-0.3, -0.25) is 0 Å². The van der Waals surface area contributed by atoms with Crippen LogP contribution in [0.1, 0.15) is 46.6 Å². The fraction of sp³-hybridized carbons (Fsp3) is 0.556. The molecule has 0 fully saturated rings. The van der Waals surface area contributed by atoms with E-state index in [0.717, 1.165) is 10.9 Å². The van der Waals surface area contributed by atoms with Gasteiger partial charge < -0.3 is 14.8 Å². The number of ether oxygens (including phenoxy) is 2. The third-order valence-electron chi connectivity index (χ3n) is 2.98. The average Bonchev–Trinajstić information content (AvgIpc) is 2.42. The van der Waals surface area contributed by atoms with Crippen molar-refractivity contribution < 1.29 is 14.3 Å². The number of benzene rings is 1. The summed E-state index contributed by atoms with van der Waals surface area (Å²) in [5, 5.41) is 12.0. The zero-order valence-electron chi connectivity index (χ0n) is 14.9. The lowest BCUT2D eigenvalue weighted by atomic mass is 10.0. The molecule has 0 heterocycles. The Bertz CT molecular complexity index is 603. The van der Waals surface area contributed by atoms with Crippen molar-refractivity contribution in [2.75, 3.05) is 6.61 Å². The molecule has 0 radical (unpaired) electrons. The van der Waals surface area contributed by atoms with E-state index in [0.29, 0.717) is 17.2 Å². The summed E-state index contributed by atoms with van der Waals surface area (Å²) in [6.45, 7) is 9.88. The molecule has 0 spiro atoms. The van der Waals surface area contributed by atoms with E-state index in [1.165, 1.54) is 0 Å². The second-order valence-corrected chi connectivity index (χ2v) is 7.95. The van der Waals surface area contributed by atoms with Crippen LogP contribution in [-0.2, 0) is 4.74 Å². The van der Waals surface area contributed by atoms with Gasteiger partial charge in [0.25, 0.3) is 0 Å². The van der Waals surface area contributed by atoms with Crippen molar-refractivity contribution in [3.05, 3.63) is 28.2 Å². The zero-order chi connectivity index (χ0) is 18.3. The molecule has 0 bridgehead atoms. The van der Waals surface area contributed by atoms with Gasteiger partial charge in [0, 0.05) is 4.47 Å². The summed E-state index contributed by atoms with van der Waals surface area (Å²) in [6, 6.07) is 7.16. The summed E-state index contributed by atoms with van der Waals surface area (Å²) < 4.78 is 11.9. The second-order valence-electron chi connectivity index (χ2n) is 7.04. The van der Waals surface area contributed by atoms with Crippen molar-refractivity contribution in [3.63, 3.8) is 0 Å². The van der Waals surface area contributed by atoms with E-state index in [1.54, 1.807) is 12.1 Å². The number of hydrogen-bond acceptors (Lipinski definition) is 4. The number of rotatable bonds is 6. The van der Waals surface area contributed by atoms with E-state index in [-0.39, 0.29) is 12.6 Å². The van der Waals surface area contributed by atoms with Gasteiger partial charge in [-0.1, -0.05) is 29.8 Å². The van der Waals surface area contributed by atoms with Crippen LogP contribution in [0.5, 0.6) is 5.75 Å². The molecule has 0 aliphatic carbocycles. The normalized spacial score (nSPS) is 12.4. The van der Waals surface area contributed by atoms with E-state index in [4.69, 9.17) is 9.47 Å². The molecule has 0 aliphatic rings. The van der Waals surface area contributed by atoms with Crippen LogP contribution in [-0.4, -0.2) is 24.3 Å². The lowest BCUT2D eigenvalue weighted by molar-refractivity contribution is 0.0480. The van der Waals surface area contributed by atoms with E-state index < -0.39 is 11.7 Å². The second kappa shape index (κ2) is 8.93. The largest absolute Gasteiger partial charge is 0.490 e. The van der Waals surface area contributed by atoms with Crippen LogP contribution in [0.25, 0.3) is 0 Å². The van der Waals surface area contributed by atoms with E-state index >= 15 is 0 Å². The maximum Gasteiger partial charge on any atom is 0.407 e. The first kappa shape index (κ1) is 20.3. The van der Waals surface area contributed by atoms with Crippen LogP contribution in [0.2, 0.25) is 0 Å². The Balaban J connectivity index is 2.73. The first-order valence-electron chi connectivity index (χ1n) is 7.92. The first-order chi connectivity index (χ1) is 11.1. The van der Waals surface area contributed by atoms with Gasteiger partial charge in [0.1, 0.15) is 24.0 Å². The summed E-state index contributed by atoms with van der Waals surface area (Å²) in [4.78, 5) is 12.0. The van der Waals surface area contributed by atoms with Gasteiger partial charge in [0.2, 0.25) is 0 Å². The Labute approximate surface area is 152 Å². The molecule has 0 saturated heterocycles. The Morgan fingerprint density at radius 1 is 1.38 bits per heavy atom. The maximum atomic E-state index is 12.0. The molecule has 1 aromatic carbocycles. The molecule has 0 aliphatic heterocycles. The topological polar surface area (TPSA) is 71.3 Å². The van der Waals surface area contributed by atoms with Gasteiger partial charge in [-0.05, 0) is 51.3 Å². The van der Waals surface area contributed by atoms with Crippen LogP contribution in [0.3, 0.4) is 0 Å². The third-order valence-corrected chi connectivity index (χ3v) is 3.47. The molecular weight excluding hydrogens is 372 g/mol. The predicted octanol–water partition coefficient (Wildman–Crippen LogP) is 4.64. The minimum absolute atomic E-state index is 0.199. The van der Waals surface area contributed by atoms with E-state index in [1.807, 2.05) is 26.8 Å². The number of halogens is 1. The molecule has 1 N–H and O–H groups in total. The number of nitrogens with zero attached hydrogens (tertiary/aromatic N) is 1. The first-order valence-corrected chi connectivity index (χ1v) is 8.72. The highest BCUT2D eigenvalue weighted by molar-refractivity contribution is 9.10. The van der Waals surface area contributed by atoms with Gasteiger partial charge >= 0.3 is 6.09 Å². The van der Waals surface area contributed by atoms with Gasteiger partial charge in [0.15, 0.2) is 0 Å². The highest BCUT2D eigenvalue weighted by Crippen LogP contribution is 2.23. The molecule has 1 rings (SSSR count). The van der Waals surface area contributed by atoms with Crippen molar-refractivity contribution in [3.8, 4) is 11.8 Å².